The average Bonchev–Trinajstić information content (AvgIpc) is 3.50. The largest absolute Gasteiger partial charge is 0.413 e. The molecule has 0 aliphatic heterocycles. The van der Waals surface area contributed by atoms with Crippen LogP contribution in [-0.4, -0.2) is 40.5 Å². The van der Waals surface area contributed by atoms with E-state index in [1.807, 2.05) is 54.6 Å². The lowest BCUT2D eigenvalue weighted by Gasteiger charge is -2.00. The molecule has 3 aromatic heterocycles. The van der Waals surface area contributed by atoms with Gasteiger partial charge >= 0.3 is 0 Å². The van der Waals surface area contributed by atoms with Gasteiger partial charge in [-0.1, -0.05) is 29.4 Å². The Hall–Kier alpha value is -4.21. The van der Waals surface area contributed by atoms with E-state index in [1.54, 1.807) is 0 Å². The summed E-state index contributed by atoms with van der Waals surface area (Å²) in [4.78, 5) is 4.35. The summed E-state index contributed by atoms with van der Waals surface area (Å²) in [5.74, 6) is 1.10. The van der Waals surface area contributed by atoms with Crippen molar-refractivity contribution in [3.63, 3.8) is 0 Å². The molecule has 3 heterocycles. The number of rotatable bonds is 4. The minimum Gasteiger partial charge on any atom is -0.413 e. The Morgan fingerprint density at radius 1 is 0.815 bits per heavy atom. The molecule has 2 aromatic carbocycles. The monoisotopic (exact) mass is 358 g/mol. The highest BCUT2D eigenvalue weighted by molar-refractivity contribution is 5.59. The molecule has 0 radical (unpaired) electrons. The highest BCUT2D eigenvalue weighted by Gasteiger charge is 2.17. The average molecular weight is 358 g/mol. The minimum atomic E-state index is 0.181. The van der Waals surface area contributed by atoms with Gasteiger partial charge in [-0.2, -0.15) is 4.98 Å². The van der Waals surface area contributed by atoms with E-state index in [-0.39, 0.29) is 11.7 Å². The van der Waals surface area contributed by atoms with Gasteiger partial charge in [0.05, 0.1) is 5.69 Å². The van der Waals surface area contributed by atoms with Crippen LogP contribution in [0, 0.1) is 0 Å². The van der Waals surface area contributed by atoms with Gasteiger partial charge in [0.25, 0.3) is 17.6 Å². The lowest BCUT2D eigenvalue weighted by Crippen LogP contribution is -1.95. The van der Waals surface area contributed by atoms with Crippen LogP contribution in [0.15, 0.2) is 69.9 Å². The van der Waals surface area contributed by atoms with E-state index < -0.39 is 0 Å². The molecule has 0 aliphatic rings. The normalized spacial score (nSPS) is 11.0. The van der Waals surface area contributed by atoms with Crippen LogP contribution in [0.3, 0.4) is 0 Å². The van der Waals surface area contributed by atoms with Crippen molar-refractivity contribution in [1.82, 2.24) is 40.5 Å². The number of hydrogen-bond acceptors (Lipinski definition) is 9. The maximum Gasteiger partial charge on any atom is 0.289 e. The number of hydrogen-bond donors (Lipinski definition) is 0. The second kappa shape index (κ2) is 6.26. The van der Waals surface area contributed by atoms with Crippen LogP contribution in [0.5, 0.6) is 0 Å². The summed E-state index contributed by atoms with van der Waals surface area (Å²) in [6.45, 7) is 0. The predicted molar refractivity (Wildman–Crippen MR) is 91.2 cm³/mol. The van der Waals surface area contributed by atoms with Crippen molar-refractivity contribution in [2.75, 3.05) is 0 Å². The van der Waals surface area contributed by atoms with Crippen molar-refractivity contribution in [3.8, 4) is 40.3 Å². The van der Waals surface area contributed by atoms with Crippen molar-refractivity contribution in [2.24, 2.45) is 0 Å². The van der Waals surface area contributed by atoms with E-state index >= 15 is 0 Å². The summed E-state index contributed by atoms with van der Waals surface area (Å²) in [6, 6.07) is 16.8. The molecule has 5 aromatic rings. The van der Waals surface area contributed by atoms with E-state index in [1.165, 1.54) is 11.0 Å². The third-order valence-corrected chi connectivity index (χ3v) is 3.77. The molecular formula is C17H10N8O2. The highest BCUT2D eigenvalue weighted by Crippen LogP contribution is 2.25. The molecule has 0 spiro atoms. The molecule has 0 fully saturated rings. The van der Waals surface area contributed by atoms with Gasteiger partial charge in [-0.05, 0) is 40.8 Å². The Bertz CT molecular complexity index is 1180. The maximum absolute atomic E-state index is 5.65. The summed E-state index contributed by atoms with van der Waals surface area (Å²) in [5.41, 5.74) is 2.29. The van der Waals surface area contributed by atoms with Crippen LogP contribution in [-0.2, 0) is 0 Å². The summed E-state index contributed by atoms with van der Waals surface area (Å²) in [7, 11) is 0. The van der Waals surface area contributed by atoms with Gasteiger partial charge in [-0.25, -0.2) is 4.68 Å². The quantitative estimate of drug-likeness (QED) is 0.476. The lowest BCUT2D eigenvalue weighted by atomic mass is 10.2. The molecule has 0 bridgehead atoms. The van der Waals surface area contributed by atoms with Gasteiger partial charge in [0.15, 0.2) is 0 Å². The smallest absolute Gasteiger partial charge is 0.289 e. The zero-order valence-electron chi connectivity index (χ0n) is 13.7. The van der Waals surface area contributed by atoms with E-state index in [2.05, 4.69) is 35.9 Å². The Labute approximate surface area is 151 Å². The molecule has 27 heavy (non-hydrogen) atoms. The predicted octanol–water partition coefficient (Wildman–Crippen LogP) is 2.43. The van der Waals surface area contributed by atoms with Crippen LogP contribution in [0.25, 0.3) is 40.3 Å². The van der Waals surface area contributed by atoms with E-state index in [9.17, 15) is 0 Å². The molecule has 0 unspecified atom stereocenters. The van der Waals surface area contributed by atoms with Crippen molar-refractivity contribution >= 4 is 0 Å². The van der Waals surface area contributed by atoms with Crippen molar-refractivity contribution < 1.29 is 8.94 Å². The minimum absolute atomic E-state index is 0.181. The summed E-state index contributed by atoms with van der Waals surface area (Å²) in [5, 5.41) is 23.1. The van der Waals surface area contributed by atoms with E-state index in [0.717, 1.165) is 11.3 Å². The molecule has 0 saturated carbocycles. The fourth-order valence-electron chi connectivity index (χ4n) is 2.50. The highest BCUT2D eigenvalue weighted by atomic mass is 16.5. The zero-order chi connectivity index (χ0) is 18.1. The van der Waals surface area contributed by atoms with E-state index in [4.69, 9.17) is 8.94 Å². The first-order valence-corrected chi connectivity index (χ1v) is 7.94. The second-order valence-electron chi connectivity index (χ2n) is 5.51. The van der Waals surface area contributed by atoms with Crippen LogP contribution in [0.2, 0.25) is 0 Å². The number of nitrogens with zero attached hydrogens (tertiary/aromatic N) is 8. The first-order valence-electron chi connectivity index (χ1n) is 7.94. The molecule has 0 atom stereocenters. The van der Waals surface area contributed by atoms with Crippen molar-refractivity contribution in [2.45, 2.75) is 0 Å². The van der Waals surface area contributed by atoms with Crippen LogP contribution >= 0.6 is 0 Å². The third kappa shape index (κ3) is 2.84. The molecule has 10 heteroatoms. The Kier molecular flexibility index (Phi) is 3.50. The first kappa shape index (κ1) is 15.1. The lowest BCUT2D eigenvalue weighted by molar-refractivity contribution is 0.429. The second-order valence-corrected chi connectivity index (χ2v) is 5.51. The summed E-state index contributed by atoms with van der Waals surface area (Å²) in [6.07, 6.45) is 1.50. The SMILES string of the molecule is c1ccc(-c2nnc(-c3noc(-c4cccc(-n5cnnn5)c4)n3)o2)cc1. The fraction of sp³-hybridized carbons (Fsp3) is 0. The number of tetrazole rings is 1. The molecule has 0 saturated heterocycles. The Morgan fingerprint density at radius 3 is 2.52 bits per heavy atom. The van der Waals surface area contributed by atoms with Crippen LogP contribution in [0.4, 0.5) is 0 Å². The van der Waals surface area contributed by atoms with Gasteiger partial charge in [0.2, 0.25) is 5.89 Å². The van der Waals surface area contributed by atoms with Crippen molar-refractivity contribution in [1.29, 1.82) is 0 Å². The van der Waals surface area contributed by atoms with Gasteiger partial charge < -0.3 is 8.94 Å². The first-order chi connectivity index (χ1) is 13.4. The zero-order valence-corrected chi connectivity index (χ0v) is 13.7. The van der Waals surface area contributed by atoms with Crippen molar-refractivity contribution in [3.05, 3.63) is 60.9 Å². The Morgan fingerprint density at radius 2 is 1.67 bits per heavy atom. The van der Waals surface area contributed by atoms with Crippen LogP contribution < -0.4 is 0 Å². The fourth-order valence-corrected chi connectivity index (χ4v) is 2.50. The van der Waals surface area contributed by atoms with E-state index in [0.29, 0.717) is 17.3 Å². The molecular weight excluding hydrogens is 348 g/mol. The molecule has 5 rings (SSSR count). The molecule has 0 amide bonds. The molecule has 10 nitrogen and oxygen atoms in total. The number of benzene rings is 2. The van der Waals surface area contributed by atoms with Crippen LogP contribution in [0.1, 0.15) is 0 Å². The third-order valence-electron chi connectivity index (χ3n) is 3.77. The van der Waals surface area contributed by atoms with Gasteiger partial charge in [0.1, 0.15) is 6.33 Å². The summed E-state index contributed by atoms with van der Waals surface area (Å²) < 4.78 is 12.5. The number of aromatic nitrogens is 8. The Balaban J connectivity index is 1.46. The maximum atomic E-state index is 5.65. The summed E-state index contributed by atoms with van der Waals surface area (Å²) >= 11 is 0. The standard InChI is InChI=1S/C17H10N8O2/c1-2-5-11(6-3-1)16-20-21-17(26-16)14-19-15(27-22-14)12-7-4-8-13(9-12)25-10-18-23-24-25/h1-10H. The topological polar surface area (TPSA) is 121 Å². The molecule has 0 aliphatic carbocycles. The molecule has 130 valence electrons. The van der Waals surface area contributed by atoms with Gasteiger partial charge in [-0.15, -0.1) is 15.3 Å². The van der Waals surface area contributed by atoms with Gasteiger partial charge in [-0.3, -0.25) is 0 Å². The van der Waals surface area contributed by atoms with Gasteiger partial charge in [0, 0.05) is 11.1 Å². The molecule has 0 N–H and O–H groups in total.